The molecule has 7 nitrogen and oxygen atoms in total. The van der Waals surface area contributed by atoms with Gasteiger partial charge < -0.3 is 10.1 Å². The van der Waals surface area contributed by atoms with E-state index in [0.717, 1.165) is 5.56 Å². The number of hydrogen-bond acceptors (Lipinski definition) is 5. The average Bonchev–Trinajstić information content (AvgIpc) is 2.78. The molecule has 3 rings (SSSR count). The molecular weight excluding hydrogens is 450 g/mol. The minimum absolute atomic E-state index is 0.200. The number of nitriles is 1. The van der Waals surface area contributed by atoms with Crippen molar-refractivity contribution in [3.8, 4) is 11.8 Å². The largest absolute Gasteiger partial charge is 0.484 e. The molecule has 32 heavy (non-hydrogen) atoms. The van der Waals surface area contributed by atoms with E-state index in [4.69, 9.17) is 21.6 Å². The first-order valence-electron chi connectivity index (χ1n) is 9.48. The minimum Gasteiger partial charge on any atom is -0.484 e. The summed E-state index contributed by atoms with van der Waals surface area (Å²) in [5, 5.41) is 11.8. The molecule has 164 valence electrons. The first-order valence-corrected chi connectivity index (χ1v) is 11.3. The summed E-state index contributed by atoms with van der Waals surface area (Å²) in [4.78, 5) is 12.3. The lowest BCUT2D eigenvalue weighted by Gasteiger charge is -2.20. The quantitative estimate of drug-likeness (QED) is 0.554. The number of carbonyl (C=O) groups excluding carboxylic acids is 1. The van der Waals surface area contributed by atoms with Crippen molar-refractivity contribution in [3.05, 3.63) is 82.9 Å². The van der Waals surface area contributed by atoms with Gasteiger partial charge in [0.1, 0.15) is 11.8 Å². The Labute approximate surface area is 191 Å². The summed E-state index contributed by atoms with van der Waals surface area (Å²) in [6.45, 7) is 1.63. The van der Waals surface area contributed by atoms with Crippen molar-refractivity contribution in [2.24, 2.45) is 0 Å². The normalized spacial score (nSPS) is 10.8. The van der Waals surface area contributed by atoms with Crippen LogP contribution in [0.15, 0.2) is 71.6 Å². The lowest BCUT2D eigenvalue weighted by atomic mass is 10.2. The Hall–Kier alpha value is -3.54. The van der Waals surface area contributed by atoms with Gasteiger partial charge in [-0.05, 0) is 61.5 Å². The molecule has 3 aromatic rings. The highest BCUT2D eigenvalue weighted by atomic mass is 35.5. The Kier molecular flexibility index (Phi) is 7.03. The number of nitrogens with zero attached hydrogens (tertiary/aromatic N) is 2. The number of aryl methyl sites for hydroxylation is 1. The van der Waals surface area contributed by atoms with Gasteiger partial charge in [-0.2, -0.15) is 5.26 Å². The summed E-state index contributed by atoms with van der Waals surface area (Å²) in [5.41, 5.74) is 2.19. The molecule has 0 saturated heterocycles. The van der Waals surface area contributed by atoms with Crippen LogP contribution < -0.4 is 14.4 Å². The van der Waals surface area contributed by atoms with Crippen molar-refractivity contribution in [3.63, 3.8) is 0 Å². The smallest absolute Gasteiger partial charge is 0.264 e. The highest BCUT2D eigenvalue weighted by Gasteiger charge is 2.21. The molecule has 0 atom stereocenters. The van der Waals surface area contributed by atoms with Crippen molar-refractivity contribution < 1.29 is 17.9 Å². The van der Waals surface area contributed by atoms with E-state index in [2.05, 4.69) is 5.32 Å². The third kappa shape index (κ3) is 5.38. The van der Waals surface area contributed by atoms with Crippen LogP contribution in [0.3, 0.4) is 0 Å². The number of benzene rings is 3. The summed E-state index contributed by atoms with van der Waals surface area (Å²) in [6.07, 6.45) is 0. The zero-order chi connectivity index (χ0) is 23.3. The Bertz CT molecular complexity index is 1270. The molecule has 9 heteroatoms. The van der Waals surface area contributed by atoms with Gasteiger partial charge in [0, 0.05) is 12.7 Å². The molecule has 1 amide bonds. The van der Waals surface area contributed by atoms with E-state index in [0.29, 0.717) is 22.7 Å². The number of ether oxygens (including phenoxy) is 1. The second-order valence-corrected chi connectivity index (χ2v) is 9.30. The number of rotatable bonds is 7. The zero-order valence-electron chi connectivity index (χ0n) is 17.4. The predicted octanol–water partition coefficient (Wildman–Crippen LogP) is 4.36. The van der Waals surface area contributed by atoms with Crippen LogP contribution in [0, 0.1) is 18.3 Å². The van der Waals surface area contributed by atoms with E-state index < -0.39 is 15.9 Å². The summed E-state index contributed by atoms with van der Waals surface area (Å²) in [6, 6.07) is 19.5. The Morgan fingerprint density at radius 1 is 1.09 bits per heavy atom. The molecule has 0 aliphatic heterocycles. The predicted molar refractivity (Wildman–Crippen MR) is 124 cm³/mol. The number of anilines is 2. The van der Waals surface area contributed by atoms with Crippen LogP contribution in [-0.4, -0.2) is 28.0 Å². The summed E-state index contributed by atoms with van der Waals surface area (Å²) in [5.74, 6) is -0.00295. The maximum atomic E-state index is 12.8. The third-order valence-electron chi connectivity index (χ3n) is 4.62. The second kappa shape index (κ2) is 9.73. The van der Waals surface area contributed by atoms with Crippen LogP contribution in [0.1, 0.15) is 11.1 Å². The maximum absolute atomic E-state index is 12.8. The van der Waals surface area contributed by atoms with Crippen LogP contribution in [0.4, 0.5) is 11.4 Å². The molecule has 0 spiro atoms. The third-order valence-corrected chi connectivity index (χ3v) is 6.74. The monoisotopic (exact) mass is 469 g/mol. The molecule has 0 aliphatic rings. The number of carbonyl (C=O) groups is 1. The lowest BCUT2D eigenvalue weighted by molar-refractivity contribution is -0.118. The molecule has 0 heterocycles. The fraction of sp³-hybridized carbons (Fsp3) is 0.130. The van der Waals surface area contributed by atoms with Crippen LogP contribution in [0.5, 0.6) is 5.75 Å². The number of hydrogen-bond donors (Lipinski definition) is 1. The molecule has 1 N–H and O–H groups in total. The van der Waals surface area contributed by atoms with Gasteiger partial charge in [0.2, 0.25) is 0 Å². The Balaban J connectivity index is 1.60. The van der Waals surface area contributed by atoms with E-state index in [9.17, 15) is 13.2 Å². The molecule has 0 unspecified atom stereocenters. The fourth-order valence-electron chi connectivity index (χ4n) is 2.79. The molecule has 0 aliphatic carbocycles. The number of amides is 1. The topological polar surface area (TPSA) is 99.5 Å². The van der Waals surface area contributed by atoms with Gasteiger partial charge >= 0.3 is 0 Å². The van der Waals surface area contributed by atoms with Crippen molar-refractivity contribution in [2.75, 3.05) is 23.3 Å². The van der Waals surface area contributed by atoms with Crippen molar-refractivity contribution in [1.29, 1.82) is 5.26 Å². The van der Waals surface area contributed by atoms with E-state index in [1.54, 1.807) is 54.6 Å². The van der Waals surface area contributed by atoms with Gasteiger partial charge in [-0.25, -0.2) is 8.42 Å². The van der Waals surface area contributed by atoms with Gasteiger partial charge in [-0.15, -0.1) is 0 Å². The SMILES string of the molecule is Cc1ccc(S(=O)(=O)N(C)c2ccc(OCC(=O)Nc3ccc(C#N)c(Cl)c3)cc2)cc1. The summed E-state index contributed by atoms with van der Waals surface area (Å²) in [7, 11) is -2.22. The van der Waals surface area contributed by atoms with Gasteiger partial charge in [0.05, 0.1) is 21.2 Å². The minimum atomic E-state index is -3.69. The van der Waals surface area contributed by atoms with Crippen molar-refractivity contribution >= 4 is 38.9 Å². The molecule has 0 saturated carbocycles. The van der Waals surface area contributed by atoms with Gasteiger partial charge in [-0.3, -0.25) is 9.10 Å². The van der Waals surface area contributed by atoms with Gasteiger partial charge in [-0.1, -0.05) is 29.3 Å². The Morgan fingerprint density at radius 2 is 1.75 bits per heavy atom. The van der Waals surface area contributed by atoms with Crippen molar-refractivity contribution in [2.45, 2.75) is 11.8 Å². The van der Waals surface area contributed by atoms with Gasteiger partial charge in [0.15, 0.2) is 6.61 Å². The number of halogens is 1. The van der Waals surface area contributed by atoms with E-state index >= 15 is 0 Å². The van der Waals surface area contributed by atoms with Crippen LogP contribution in [0.25, 0.3) is 0 Å². The van der Waals surface area contributed by atoms with Crippen LogP contribution >= 0.6 is 11.6 Å². The molecule has 0 fully saturated rings. The molecule has 3 aromatic carbocycles. The molecule has 0 aromatic heterocycles. The first kappa shape index (κ1) is 23.1. The second-order valence-electron chi connectivity index (χ2n) is 6.92. The van der Waals surface area contributed by atoms with E-state index in [1.807, 2.05) is 13.0 Å². The fourth-order valence-corrected chi connectivity index (χ4v) is 4.21. The number of nitrogens with one attached hydrogen (secondary N) is 1. The van der Waals surface area contributed by atoms with Crippen LogP contribution in [0.2, 0.25) is 5.02 Å². The van der Waals surface area contributed by atoms with E-state index in [-0.39, 0.29) is 16.5 Å². The number of sulfonamides is 1. The zero-order valence-corrected chi connectivity index (χ0v) is 18.9. The maximum Gasteiger partial charge on any atom is 0.264 e. The molecule has 0 bridgehead atoms. The van der Waals surface area contributed by atoms with Crippen molar-refractivity contribution in [1.82, 2.24) is 0 Å². The van der Waals surface area contributed by atoms with Gasteiger partial charge in [0.25, 0.3) is 15.9 Å². The van der Waals surface area contributed by atoms with E-state index in [1.165, 1.54) is 23.5 Å². The molecular formula is C23H20ClN3O4S. The average molecular weight is 470 g/mol. The summed E-state index contributed by atoms with van der Waals surface area (Å²) < 4.78 is 32.2. The molecule has 0 radical (unpaired) electrons. The van der Waals surface area contributed by atoms with Crippen LogP contribution in [-0.2, 0) is 14.8 Å². The lowest BCUT2D eigenvalue weighted by Crippen LogP contribution is -2.26. The highest BCUT2D eigenvalue weighted by Crippen LogP contribution is 2.25. The first-order chi connectivity index (χ1) is 15.2. The Morgan fingerprint density at radius 3 is 2.34 bits per heavy atom. The summed E-state index contributed by atoms with van der Waals surface area (Å²) >= 11 is 5.95. The standard InChI is InChI=1S/C23H20ClN3O4S/c1-16-3-11-21(12-4-16)32(29,30)27(2)19-7-9-20(10-8-19)31-15-23(28)26-18-6-5-17(14-25)22(24)13-18/h3-13H,15H2,1-2H3,(H,26,28). The highest BCUT2D eigenvalue weighted by molar-refractivity contribution is 7.92.